The molecule has 2 N–H and O–H groups in total. The molecule has 2 rings (SSSR count). The summed E-state index contributed by atoms with van der Waals surface area (Å²) in [5, 5.41) is 15.9. The molecule has 1 unspecified atom stereocenters. The maximum atomic E-state index is 9.55. The lowest BCUT2D eigenvalue weighted by atomic mass is 10.1. The quantitative estimate of drug-likeness (QED) is 0.704. The van der Waals surface area contributed by atoms with Gasteiger partial charge in [-0.15, -0.1) is 0 Å². The van der Waals surface area contributed by atoms with E-state index >= 15 is 0 Å². The monoisotopic (exact) mass is 167 g/mol. The molecule has 4 nitrogen and oxygen atoms in total. The van der Waals surface area contributed by atoms with Crippen LogP contribution in [0.4, 0.5) is 0 Å². The van der Waals surface area contributed by atoms with Crippen molar-refractivity contribution < 1.29 is 5.11 Å². The molecule has 0 radical (unpaired) electrons. The molecular formula is C8H13N3O. The van der Waals surface area contributed by atoms with E-state index in [-0.39, 0.29) is 0 Å². The van der Waals surface area contributed by atoms with Gasteiger partial charge in [-0.1, -0.05) is 12.8 Å². The summed E-state index contributed by atoms with van der Waals surface area (Å²) in [6.07, 6.45) is 5.57. The molecule has 0 saturated heterocycles. The fourth-order valence-electron chi connectivity index (χ4n) is 1.31. The van der Waals surface area contributed by atoms with Crippen molar-refractivity contribution in [2.24, 2.45) is 5.92 Å². The van der Waals surface area contributed by atoms with Crippen molar-refractivity contribution >= 4 is 0 Å². The van der Waals surface area contributed by atoms with Crippen LogP contribution in [0.25, 0.3) is 0 Å². The molecule has 1 aromatic heterocycles. The van der Waals surface area contributed by atoms with Gasteiger partial charge in [-0.25, -0.2) is 4.98 Å². The second kappa shape index (κ2) is 3.23. The van der Waals surface area contributed by atoms with Crippen molar-refractivity contribution in [1.29, 1.82) is 0 Å². The topological polar surface area (TPSA) is 61.8 Å². The number of hydrogen-bond acceptors (Lipinski definition) is 3. The zero-order valence-electron chi connectivity index (χ0n) is 6.90. The van der Waals surface area contributed by atoms with E-state index in [1.807, 2.05) is 0 Å². The number of H-pyrrole nitrogens is 1. The molecule has 1 aliphatic rings. The summed E-state index contributed by atoms with van der Waals surface area (Å²) in [6, 6.07) is 0. The summed E-state index contributed by atoms with van der Waals surface area (Å²) in [6.45, 7) is 0. The van der Waals surface area contributed by atoms with Crippen LogP contribution in [0.1, 0.15) is 37.6 Å². The Morgan fingerprint density at radius 2 is 2.50 bits per heavy atom. The van der Waals surface area contributed by atoms with Gasteiger partial charge in [-0.05, 0) is 18.8 Å². The van der Waals surface area contributed by atoms with Crippen LogP contribution in [-0.2, 0) is 0 Å². The van der Waals surface area contributed by atoms with E-state index in [4.69, 9.17) is 0 Å². The maximum Gasteiger partial charge on any atom is 0.153 e. The van der Waals surface area contributed by atoms with E-state index in [0.29, 0.717) is 5.82 Å². The Bertz CT molecular complexity index is 230. The van der Waals surface area contributed by atoms with Gasteiger partial charge in [0.05, 0.1) is 0 Å². The first-order valence-corrected chi connectivity index (χ1v) is 4.39. The molecule has 12 heavy (non-hydrogen) atoms. The van der Waals surface area contributed by atoms with E-state index in [1.54, 1.807) is 0 Å². The summed E-state index contributed by atoms with van der Waals surface area (Å²) in [7, 11) is 0. The van der Waals surface area contributed by atoms with E-state index in [1.165, 1.54) is 19.2 Å². The largest absolute Gasteiger partial charge is 0.385 e. The van der Waals surface area contributed by atoms with Crippen molar-refractivity contribution in [1.82, 2.24) is 15.2 Å². The molecule has 0 bridgehead atoms. The molecule has 1 atom stereocenters. The van der Waals surface area contributed by atoms with E-state index in [2.05, 4.69) is 15.2 Å². The predicted octanol–water partition coefficient (Wildman–Crippen LogP) is 1.03. The fraction of sp³-hybridized carbons (Fsp3) is 0.750. The van der Waals surface area contributed by atoms with E-state index in [9.17, 15) is 5.11 Å². The van der Waals surface area contributed by atoms with Gasteiger partial charge in [-0.3, -0.25) is 5.10 Å². The van der Waals surface area contributed by atoms with Gasteiger partial charge in [0.25, 0.3) is 0 Å². The van der Waals surface area contributed by atoms with Crippen LogP contribution in [0.3, 0.4) is 0 Å². The number of aromatic amines is 1. The van der Waals surface area contributed by atoms with Gasteiger partial charge in [0, 0.05) is 0 Å². The highest BCUT2D eigenvalue weighted by molar-refractivity contribution is 4.87. The van der Waals surface area contributed by atoms with Crippen LogP contribution < -0.4 is 0 Å². The lowest BCUT2D eigenvalue weighted by Gasteiger charge is -2.04. The number of nitrogens with one attached hydrogen (secondary N) is 1. The van der Waals surface area contributed by atoms with Gasteiger partial charge in [0.15, 0.2) is 5.82 Å². The standard InChI is InChI=1S/C8H13N3O/c12-7(4-3-6-1-2-6)8-9-5-10-11-8/h5-7,12H,1-4H2,(H,9,10,11). The Labute approximate surface area is 71.0 Å². The Kier molecular flexibility index (Phi) is 2.08. The Morgan fingerprint density at radius 3 is 3.08 bits per heavy atom. The fourth-order valence-corrected chi connectivity index (χ4v) is 1.31. The highest BCUT2D eigenvalue weighted by Crippen LogP contribution is 2.35. The van der Waals surface area contributed by atoms with Crippen molar-refractivity contribution in [3.8, 4) is 0 Å². The highest BCUT2D eigenvalue weighted by Gasteiger charge is 2.22. The molecule has 1 fully saturated rings. The zero-order valence-corrected chi connectivity index (χ0v) is 6.90. The van der Waals surface area contributed by atoms with Gasteiger partial charge < -0.3 is 5.11 Å². The number of aromatic nitrogens is 3. The molecule has 0 spiro atoms. The summed E-state index contributed by atoms with van der Waals surface area (Å²) in [5.74, 6) is 1.46. The van der Waals surface area contributed by atoms with Gasteiger partial charge in [-0.2, -0.15) is 5.10 Å². The van der Waals surface area contributed by atoms with Crippen LogP contribution in [0.5, 0.6) is 0 Å². The lowest BCUT2D eigenvalue weighted by Crippen LogP contribution is -2.00. The van der Waals surface area contributed by atoms with Crippen molar-refractivity contribution in [3.63, 3.8) is 0 Å². The van der Waals surface area contributed by atoms with Crippen LogP contribution in [0.15, 0.2) is 6.33 Å². The van der Waals surface area contributed by atoms with Gasteiger partial charge in [0.2, 0.25) is 0 Å². The second-order valence-electron chi connectivity index (χ2n) is 3.41. The summed E-state index contributed by atoms with van der Waals surface area (Å²) in [4.78, 5) is 3.90. The summed E-state index contributed by atoms with van der Waals surface area (Å²) >= 11 is 0. The molecule has 1 aromatic rings. The molecule has 1 heterocycles. The number of rotatable bonds is 4. The van der Waals surface area contributed by atoms with E-state index < -0.39 is 6.10 Å². The van der Waals surface area contributed by atoms with E-state index in [0.717, 1.165) is 18.8 Å². The zero-order chi connectivity index (χ0) is 8.39. The SMILES string of the molecule is OC(CCC1CC1)c1ncn[nH]1. The first-order valence-electron chi connectivity index (χ1n) is 4.39. The first kappa shape index (κ1) is 7.73. The maximum absolute atomic E-state index is 9.55. The number of aliphatic hydroxyl groups excluding tert-OH is 1. The molecule has 1 aliphatic carbocycles. The summed E-state index contributed by atoms with van der Waals surface area (Å²) in [5.41, 5.74) is 0. The molecule has 1 saturated carbocycles. The molecule has 0 amide bonds. The minimum atomic E-state index is -0.451. The Morgan fingerprint density at radius 1 is 1.67 bits per heavy atom. The number of nitrogens with zero attached hydrogens (tertiary/aromatic N) is 2. The van der Waals surface area contributed by atoms with Crippen molar-refractivity contribution in [2.45, 2.75) is 31.8 Å². The third kappa shape index (κ3) is 1.82. The van der Waals surface area contributed by atoms with Crippen molar-refractivity contribution in [2.75, 3.05) is 0 Å². The third-order valence-corrected chi connectivity index (χ3v) is 2.29. The van der Waals surface area contributed by atoms with Gasteiger partial charge >= 0.3 is 0 Å². The third-order valence-electron chi connectivity index (χ3n) is 2.29. The first-order chi connectivity index (χ1) is 5.86. The van der Waals surface area contributed by atoms with Crippen LogP contribution >= 0.6 is 0 Å². The smallest absolute Gasteiger partial charge is 0.153 e. The molecule has 0 aliphatic heterocycles. The minimum Gasteiger partial charge on any atom is -0.385 e. The molecular weight excluding hydrogens is 154 g/mol. The highest BCUT2D eigenvalue weighted by atomic mass is 16.3. The van der Waals surface area contributed by atoms with Crippen LogP contribution in [0, 0.1) is 5.92 Å². The van der Waals surface area contributed by atoms with Gasteiger partial charge in [0.1, 0.15) is 12.4 Å². The Balaban J connectivity index is 1.79. The lowest BCUT2D eigenvalue weighted by molar-refractivity contribution is 0.153. The van der Waals surface area contributed by atoms with Crippen LogP contribution in [0.2, 0.25) is 0 Å². The normalized spacial score (nSPS) is 19.4. The Hall–Kier alpha value is -0.900. The number of hydrogen-bond donors (Lipinski definition) is 2. The average molecular weight is 167 g/mol. The average Bonchev–Trinajstić information content (AvgIpc) is 2.74. The second-order valence-corrected chi connectivity index (χ2v) is 3.41. The molecule has 66 valence electrons. The predicted molar refractivity (Wildman–Crippen MR) is 43.3 cm³/mol. The molecule has 4 heteroatoms. The molecule has 0 aromatic carbocycles. The van der Waals surface area contributed by atoms with Crippen LogP contribution in [-0.4, -0.2) is 20.3 Å². The summed E-state index contributed by atoms with van der Waals surface area (Å²) < 4.78 is 0. The minimum absolute atomic E-state index is 0.451. The van der Waals surface area contributed by atoms with Crippen molar-refractivity contribution in [3.05, 3.63) is 12.2 Å². The number of aliphatic hydroxyl groups is 1.